The summed E-state index contributed by atoms with van der Waals surface area (Å²) in [6, 6.07) is 14.3. The zero-order valence-electron chi connectivity index (χ0n) is 12.4. The van der Waals surface area contributed by atoms with Crippen molar-refractivity contribution in [2.45, 2.75) is 13.8 Å². The third-order valence-corrected chi connectivity index (χ3v) is 3.73. The van der Waals surface area contributed by atoms with Crippen LogP contribution in [0.5, 0.6) is 0 Å². The largest absolute Gasteiger partial charge is 0.326 e. The van der Waals surface area contributed by atoms with E-state index in [2.05, 4.69) is 26.6 Å². The van der Waals surface area contributed by atoms with Gasteiger partial charge in [0.25, 0.3) is 5.91 Å². The van der Waals surface area contributed by atoms with E-state index < -0.39 is 0 Å². The summed E-state index contributed by atoms with van der Waals surface area (Å²) in [6.45, 7) is 3.64. The molecule has 5 heteroatoms. The number of hydrogen-bond donors (Lipinski definition) is 2. The molecular formula is C17H17BrN2O2. The van der Waals surface area contributed by atoms with Crippen molar-refractivity contribution in [2.75, 3.05) is 10.6 Å². The molecule has 0 aliphatic heterocycles. The minimum Gasteiger partial charge on any atom is -0.326 e. The summed E-state index contributed by atoms with van der Waals surface area (Å²) >= 11 is 3.39. The predicted molar refractivity (Wildman–Crippen MR) is 92.0 cm³/mol. The summed E-state index contributed by atoms with van der Waals surface area (Å²) in [4.78, 5) is 24.0. The van der Waals surface area contributed by atoms with E-state index in [4.69, 9.17) is 0 Å². The van der Waals surface area contributed by atoms with Gasteiger partial charge in [-0.05, 0) is 46.3 Å². The van der Waals surface area contributed by atoms with Gasteiger partial charge in [0.1, 0.15) is 0 Å². The van der Waals surface area contributed by atoms with Gasteiger partial charge < -0.3 is 10.6 Å². The van der Waals surface area contributed by atoms with Crippen LogP contribution in [0.2, 0.25) is 0 Å². The number of carbonyl (C=O) groups excluding carboxylic acids is 2. The van der Waals surface area contributed by atoms with Crippen LogP contribution in [0, 0.1) is 5.92 Å². The van der Waals surface area contributed by atoms with E-state index in [0.29, 0.717) is 16.9 Å². The molecule has 0 aromatic heterocycles. The van der Waals surface area contributed by atoms with Gasteiger partial charge in [-0.25, -0.2) is 0 Å². The minimum absolute atomic E-state index is 0.0802. The number of rotatable bonds is 4. The van der Waals surface area contributed by atoms with E-state index >= 15 is 0 Å². The molecule has 2 amide bonds. The summed E-state index contributed by atoms with van der Waals surface area (Å²) in [5, 5.41) is 5.61. The molecule has 0 bridgehead atoms. The highest BCUT2D eigenvalue weighted by atomic mass is 79.9. The molecule has 2 N–H and O–H groups in total. The summed E-state index contributed by atoms with van der Waals surface area (Å²) < 4.78 is 0.813. The molecule has 0 unspecified atom stereocenters. The highest BCUT2D eigenvalue weighted by Gasteiger charge is 2.11. The first kappa shape index (κ1) is 16.2. The van der Waals surface area contributed by atoms with E-state index in [1.54, 1.807) is 24.3 Å². The molecule has 114 valence electrons. The van der Waals surface area contributed by atoms with E-state index in [0.717, 1.165) is 4.47 Å². The van der Waals surface area contributed by atoms with Crippen LogP contribution in [0.3, 0.4) is 0 Å². The Balaban J connectivity index is 2.14. The molecule has 2 rings (SSSR count). The van der Waals surface area contributed by atoms with Crippen LogP contribution in [-0.2, 0) is 4.79 Å². The van der Waals surface area contributed by atoms with Crippen molar-refractivity contribution in [3.63, 3.8) is 0 Å². The predicted octanol–water partition coefficient (Wildman–Crippen LogP) is 4.30. The Hall–Kier alpha value is -2.14. The number of halogens is 1. The van der Waals surface area contributed by atoms with Gasteiger partial charge in [-0.3, -0.25) is 9.59 Å². The summed E-state index contributed by atoms with van der Waals surface area (Å²) in [6.07, 6.45) is 0. The highest BCUT2D eigenvalue weighted by Crippen LogP contribution is 2.22. The lowest BCUT2D eigenvalue weighted by molar-refractivity contribution is -0.118. The van der Waals surface area contributed by atoms with Crippen LogP contribution in [0.4, 0.5) is 11.4 Å². The Kier molecular flexibility index (Phi) is 5.33. The number of nitrogens with one attached hydrogen (secondary N) is 2. The van der Waals surface area contributed by atoms with Gasteiger partial charge in [0.05, 0.1) is 5.69 Å². The average Bonchev–Trinajstić information content (AvgIpc) is 2.49. The maximum atomic E-state index is 12.3. The second-order valence-corrected chi connectivity index (χ2v) is 6.01. The molecular weight excluding hydrogens is 344 g/mol. The molecule has 0 saturated carbocycles. The van der Waals surface area contributed by atoms with Crippen molar-refractivity contribution < 1.29 is 9.59 Å². The topological polar surface area (TPSA) is 58.2 Å². The highest BCUT2D eigenvalue weighted by molar-refractivity contribution is 9.10. The molecule has 0 aliphatic rings. The Labute approximate surface area is 138 Å². The lowest BCUT2D eigenvalue weighted by atomic mass is 10.1. The first-order valence-corrected chi connectivity index (χ1v) is 7.73. The molecule has 0 atom stereocenters. The Bertz CT molecular complexity index is 699. The number of para-hydroxylation sites is 1. The molecule has 2 aromatic rings. The monoisotopic (exact) mass is 360 g/mol. The van der Waals surface area contributed by atoms with Gasteiger partial charge >= 0.3 is 0 Å². The quantitative estimate of drug-likeness (QED) is 0.853. The van der Waals surface area contributed by atoms with Crippen LogP contribution >= 0.6 is 15.9 Å². The zero-order chi connectivity index (χ0) is 16.1. The smallest absolute Gasteiger partial charge is 0.255 e. The molecule has 0 saturated heterocycles. The van der Waals surface area contributed by atoms with E-state index in [9.17, 15) is 9.59 Å². The minimum atomic E-state index is -0.229. The molecule has 4 nitrogen and oxygen atoms in total. The average molecular weight is 361 g/mol. The van der Waals surface area contributed by atoms with Crippen molar-refractivity contribution in [2.24, 2.45) is 5.92 Å². The maximum Gasteiger partial charge on any atom is 0.255 e. The first-order chi connectivity index (χ1) is 10.5. The number of amides is 2. The fourth-order valence-corrected chi connectivity index (χ4v) is 2.17. The molecule has 2 aromatic carbocycles. The van der Waals surface area contributed by atoms with Crippen molar-refractivity contribution >= 4 is 39.1 Å². The van der Waals surface area contributed by atoms with Gasteiger partial charge in [-0.1, -0.05) is 32.0 Å². The summed E-state index contributed by atoms with van der Waals surface area (Å²) in [5.74, 6) is -0.423. The van der Waals surface area contributed by atoms with Crippen molar-refractivity contribution in [1.82, 2.24) is 0 Å². The zero-order valence-corrected chi connectivity index (χ0v) is 14.0. The van der Waals surface area contributed by atoms with Crippen molar-refractivity contribution in [1.29, 1.82) is 0 Å². The molecule has 0 radical (unpaired) electrons. The van der Waals surface area contributed by atoms with Crippen LogP contribution in [0.25, 0.3) is 0 Å². The lowest BCUT2D eigenvalue weighted by Gasteiger charge is -2.10. The van der Waals surface area contributed by atoms with Gasteiger partial charge in [0.2, 0.25) is 5.91 Å². The second-order valence-electron chi connectivity index (χ2n) is 5.16. The van der Waals surface area contributed by atoms with Crippen molar-refractivity contribution in [3.05, 3.63) is 58.6 Å². The Morgan fingerprint density at radius 2 is 1.73 bits per heavy atom. The van der Waals surface area contributed by atoms with E-state index in [1.165, 1.54) is 0 Å². The normalized spacial score (nSPS) is 10.4. The fraction of sp³-hybridized carbons (Fsp3) is 0.176. The number of hydrogen-bond acceptors (Lipinski definition) is 2. The van der Waals surface area contributed by atoms with Crippen LogP contribution < -0.4 is 10.6 Å². The Morgan fingerprint density at radius 1 is 1.00 bits per heavy atom. The maximum absolute atomic E-state index is 12.3. The van der Waals surface area contributed by atoms with Crippen LogP contribution in [0.1, 0.15) is 24.2 Å². The first-order valence-electron chi connectivity index (χ1n) is 6.94. The molecule has 0 aliphatic carbocycles. The second kappa shape index (κ2) is 7.22. The van der Waals surface area contributed by atoms with Gasteiger partial charge in [-0.2, -0.15) is 0 Å². The van der Waals surface area contributed by atoms with Crippen LogP contribution in [0.15, 0.2) is 53.0 Å². The Morgan fingerprint density at radius 3 is 2.41 bits per heavy atom. The van der Waals surface area contributed by atoms with E-state index in [1.807, 2.05) is 38.1 Å². The number of benzene rings is 2. The van der Waals surface area contributed by atoms with Gasteiger partial charge in [-0.15, -0.1) is 0 Å². The SMILES string of the molecule is CC(C)C(=O)Nc1cccc(C(=O)Nc2ccccc2Br)c1. The standard InChI is InChI=1S/C17H17BrN2O2/c1-11(2)16(21)19-13-7-5-6-12(10-13)17(22)20-15-9-4-3-8-14(15)18/h3-11H,1-2H3,(H,19,21)(H,20,22). The third-order valence-electron chi connectivity index (χ3n) is 3.04. The molecule has 0 heterocycles. The summed E-state index contributed by atoms with van der Waals surface area (Å²) in [7, 11) is 0. The summed E-state index contributed by atoms with van der Waals surface area (Å²) in [5.41, 5.74) is 1.79. The molecule has 22 heavy (non-hydrogen) atoms. The van der Waals surface area contributed by atoms with Crippen molar-refractivity contribution in [3.8, 4) is 0 Å². The lowest BCUT2D eigenvalue weighted by Crippen LogP contribution is -2.18. The molecule has 0 fully saturated rings. The third kappa shape index (κ3) is 4.18. The number of anilines is 2. The fourth-order valence-electron chi connectivity index (χ4n) is 1.78. The van der Waals surface area contributed by atoms with Gasteiger partial charge in [0, 0.05) is 21.6 Å². The van der Waals surface area contributed by atoms with E-state index in [-0.39, 0.29) is 17.7 Å². The number of carbonyl (C=O) groups is 2. The molecule has 0 spiro atoms. The van der Waals surface area contributed by atoms with Crippen LogP contribution in [-0.4, -0.2) is 11.8 Å². The van der Waals surface area contributed by atoms with Gasteiger partial charge in [0.15, 0.2) is 0 Å².